The van der Waals surface area contributed by atoms with Gasteiger partial charge >= 0.3 is 0 Å². The maximum Gasteiger partial charge on any atom is -0.0190 e. The number of hydrogen-bond acceptors (Lipinski definition) is 0. The summed E-state index contributed by atoms with van der Waals surface area (Å²) in [7, 11) is 0. The molecule has 0 N–H and O–H groups in total. The summed E-state index contributed by atoms with van der Waals surface area (Å²) < 4.78 is 0. The van der Waals surface area contributed by atoms with E-state index in [9.17, 15) is 0 Å². The molecule has 0 heteroatoms. The fourth-order valence-corrected chi connectivity index (χ4v) is 1.24. The maximum atomic E-state index is 4.07. The fourth-order valence-electron chi connectivity index (χ4n) is 1.24. The van der Waals surface area contributed by atoms with Crippen LogP contribution in [0.5, 0.6) is 0 Å². The second kappa shape index (κ2) is 5.55. The van der Waals surface area contributed by atoms with Crippen molar-refractivity contribution < 1.29 is 0 Å². The van der Waals surface area contributed by atoms with E-state index in [0.717, 1.165) is 5.57 Å². The zero-order valence-electron chi connectivity index (χ0n) is 9.90. The first-order valence-corrected chi connectivity index (χ1v) is 5.53. The normalized spacial score (nSPS) is 13.3. The van der Waals surface area contributed by atoms with Crippen molar-refractivity contribution in [2.75, 3.05) is 0 Å². The third-order valence-electron chi connectivity index (χ3n) is 2.80. The summed E-state index contributed by atoms with van der Waals surface area (Å²) in [6.45, 7) is 10.8. The predicted molar refractivity (Wildman–Crippen MR) is 68.6 cm³/mol. The van der Waals surface area contributed by atoms with Gasteiger partial charge in [0.25, 0.3) is 0 Å². The van der Waals surface area contributed by atoms with Gasteiger partial charge in [-0.2, -0.15) is 0 Å². The molecule has 0 unspecified atom stereocenters. The molecule has 0 spiro atoms. The fraction of sp³-hybridized carbons (Fsp3) is 0.333. The molecular formula is C15H20. The molecule has 1 rings (SSSR count). The number of allylic oxidation sites excluding steroid dienone is 3. The van der Waals surface area contributed by atoms with Gasteiger partial charge in [-0.25, -0.2) is 0 Å². The average molecular weight is 200 g/mol. The SMILES string of the molecule is C=C(/C=C\[C@@H](C)C(C)C)c1ccccc1. The summed E-state index contributed by atoms with van der Waals surface area (Å²) >= 11 is 0. The molecule has 0 fully saturated rings. The van der Waals surface area contributed by atoms with Gasteiger partial charge in [-0.05, 0) is 23.0 Å². The predicted octanol–water partition coefficient (Wildman–Crippen LogP) is 4.55. The van der Waals surface area contributed by atoms with Crippen LogP contribution in [-0.4, -0.2) is 0 Å². The van der Waals surface area contributed by atoms with Gasteiger partial charge in [0.2, 0.25) is 0 Å². The topological polar surface area (TPSA) is 0 Å². The van der Waals surface area contributed by atoms with E-state index in [4.69, 9.17) is 0 Å². The lowest BCUT2D eigenvalue weighted by atomic mass is 9.96. The number of benzene rings is 1. The van der Waals surface area contributed by atoms with Crippen molar-refractivity contribution in [3.8, 4) is 0 Å². The molecule has 0 amide bonds. The van der Waals surface area contributed by atoms with Crippen molar-refractivity contribution >= 4 is 5.57 Å². The van der Waals surface area contributed by atoms with Crippen LogP contribution in [-0.2, 0) is 0 Å². The largest absolute Gasteiger partial charge is 0.0912 e. The van der Waals surface area contributed by atoms with E-state index >= 15 is 0 Å². The van der Waals surface area contributed by atoms with Crippen molar-refractivity contribution in [2.24, 2.45) is 11.8 Å². The Balaban J connectivity index is 2.64. The molecule has 1 aromatic carbocycles. The lowest BCUT2D eigenvalue weighted by molar-refractivity contribution is 0.504. The lowest BCUT2D eigenvalue weighted by Gasteiger charge is -2.10. The molecule has 0 saturated carbocycles. The third-order valence-corrected chi connectivity index (χ3v) is 2.80. The van der Waals surface area contributed by atoms with E-state index in [1.54, 1.807) is 0 Å². The molecule has 0 aliphatic carbocycles. The third kappa shape index (κ3) is 3.75. The Hall–Kier alpha value is -1.30. The van der Waals surface area contributed by atoms with Gasteiger partial charge in [0, 0.05) is 0 Å². The van der Waals surface area contributed by atoms with Crippen LogP contribution in [0, 0.1) is 11.8 Å². The van der Waals surface area contributed by atoms with Crippen molar-refractivity contribution in [3.05, 3.63) is 54.6 Å². The summed E-state index contributed by atoms with van der Waals surface area (Å²) in [6.07, 6.45) is 4.36. The molecule has 0 saturated heterocycles. The van der Waals surface area contributed by atoms with Crippen molar-refractivity contribution in [1.29, 1.82) is 0 Å². The average Bonchev–Trinajstić information content (AvgIpc) is 2.26. The van der Waals surface area contributed by atoms with Crippen molar-refractivity contribution in [1.82, 2.24) is 0 Å². The highest BCUT2D eigenvalue weighted by Crippen LogP contribution is 2.16. The van der Waals surface area contributed by atoms with E-state index < -0.39 is 0 Å². The molecular weight excluding hydrogens is 180 g/mol. The van der Waals surface area contributed by atoms with E-state index in [1.807, 2.05) is 18.2 Å². The highest BCUT2D eigenvalue weighted by molar-refractivity contribution is 5.71. The summed E-state index contributed by atoms with van der Waals surface area (Å²) in [5.74, 6) is 1.29. The number of hydrogen-bond donors (Lipinski definition) is 0. The molecule has 80 valence electrons. The van der Waals surface area contributed by atoms with Gasteiger partial charge in [0.15, 0.2) is 0 Å². The zero-order valence-corrected chi connectivity index (χ0v) is 9.90. The highest BCUT2D eigenvalue weighted by atomic mass is 14.1. The van der Waals surface area contributed by atoms with Crippen LogP contribution in [0.3, 0.4) is 0 Å². The van der Waals surface area contributed by atoms with Gasteiger partial charge in [-0.1, -0.05) is 69.8 Å². The minimum Gasteiger partial charge on any atom is -0.0912 e. The van der Waals surface area contributed by atoms with E-state index in [2.05, 4.69) is 51.6 Å². The molecule has 0 aliphatic heterocycles. The minimum atomic E-state index is 0.602. The molecule has 0 radical (unpaired) electrons. The lowest BCUT2D eigenvalue weighted by Crippen LogP contribution is -1.99. The van der Waals surface area contributed by atoms with Crippen LogP contribution in [0.4, 0.5) is 0 Å². The summed E-state index contributed by atoms with van der Waals surface area (Å²) in [4.78, 5) is 0. The summed E-state index contributed by atoms with van der Waals surface area (Å²) in [5, 5.41) is 0. The molecule has 0 bridgehead atoms. The first-order chi connectivity index (χ1) is 7.11. The summed E-state index contributed by atoms with van der Waals surface area (Å²) in [5.41, 5.74) is 2.29. The number of rotatable bonds is 4. The van der Waals surface area contributed by atoms with E-state index in [1.165, 1.54) is 5.56 Å². The highest BCUT2D eigenvalue weighted by Gasteiger charge is 2.02. The monoisotopic (exact) mass is 200 g/mol. The van der Waals surface area contributed by atoms with Gasteiger partial charge in [-0.3, -0.25) is 0 Å². The first kappa shape index (κ1) is 11.8. The van der Waals surface area contributed by atoms with Crippen LogP contribution in [0.1, 0.15) is 26.3 Å². The van der Waals surface area contributed by atoms with Crippen LogP contribution in [0.25, 0.3) is 5.57 Å². The minimum absolute atomic E-state index is 0.602. The zero-order chi connectivity index (χ0) is 11.3. The van der Waals surface area contributed by atoms with Crippen LogP contribution in [0.2, 0.25) is 0 Å². The Morgan fingerprint density at radius 1 is 1.13 bits per heavy atom. The smallest absolute Gasteiger partial charge is 0.0190 e. The maximum absolute atomic E-state index is 4.07. The molecule has 15 heavy (non-hydrogen) atoms. The van der Waals surface area contributed by atoms with Gasteiger partial charge < -0.3 is 0 Å². The summed E-state index contributed by atoms with van der Waals surface area (Å²) in [6, 6.07) is 10.3. The molecule has 0 nitrogen and oxygen atoms in total. The molecule has 0 heterocycles. The van der Waals surface area contributed by atoms with Crippen molar-refractivity contribution in [2.45, 2.75) is 20.8 Å². The first-order valence-electron chi connectivity index (χ1n) is 5.53. The van der Waals surface area contributed by atoms with Crippen LogP contribution in [0.15, 0.2) is 49.1 Å². The van der Waals surface area contributed by atoms with Gasteiger partial charge in [-0.15, -0.1) is 0 Å². The Morgan fingerprint density at radius 3 is 2.27 bits per heavy atom. The molecule has 0 aliphatic rings. The van der Waals surface area contributed by atoms with Crippen LogP contribution >= 0.6 is 0 Å². The second-order valence-corrected chi connectivity index (χ2v) is 4.35. The molecule has 0 aromatic heterocycles. The Morgan fingerprint density at radius 2 is 1.73 bits per heavy atom. The standard InChI is InChI=1S/C15H20/c1-12(2)13(3)10-11-14(4)15-8-6-5-7-9-15/h5-13H,4H2,1-3H3/b11-10-/t13-/m1/s1. The van der Waals surface area contributed by atoms with Gasteiger partial charge in [0.1, 0.15) is 0 Å². The molecule has 1 aromatic rings. The van der Waals surface area contributed by atoms with Gasteiger partial charge in [0.05, 0.1) is 0 Å². The van der Waals surface area contributed by atoms with E-state index in [0.29, 0.717) is 11.8 Å². The quantitative estimate of drug-likeness (QED) is 0.625. The second-order valence-electron chi connectivity index (χ2n) is 4.35. The Labute approximate surface area is 93.3 Å². The molecule has 1 atom stereocenters. The van der Waals surface area contributed by atoms with Crippen molar-refractivity contribution in [3.63, 3.8) is 0 Å². The van der Waals surface area contributed by atoms with Crippen LogP contribution < -0.4 is 0 Å². The Kier molecular flexibility index (Phi) is 4.36. The Bertz CT molecular complexity index is 330. The van der Waals surface area contributed by atoms with E-state index in [-0.39, 0.29) is 0 Å².